The lowest BCUT2D eigenvalue weighted by molar-refractivity contribution is -0.142. The van der Waals surface area contributed by atoms with Crippen LogP contribution in [0.2, 0.25) is 0 Å². The van der Waals surface area contributed by atoms with Crippen molar-refractivity contribution in [2.75, 3.05) is 13.7 Å². The van der Waals surface area contributed by atoms with Gasteiger partial charge in [0.25, 0.3) is 0 Å². The van der Waals surface area contributed by atoms with Crippen LogP contribution in [0, 0.1) is 0 Å². The van der Waals surface area contributed by atoms with Gasteiger partial charge in [0.15, 0.2) is 0 Å². The third kappa shape index (κ3) is 4.06. The minimum atomic E-state index is -1.04. The van der Waals surface area contributed by atoms with Gasteiger partial charge in [0.05, 0.1) is 13.5 Å². The van der Waals surface area contributed by atoms with Gasteiger partial charge in [0, 0.05) is 0 Å². The summed E-state index contributed by atoms with van der Waals surface area (Å²) in [7, 11) is 1.61. The van der Waals surface area contributed by atoms with Crippen molar-refractivity contribution in [1.29, 1.82) is 0 Å². The molecule has 2 rings (SSSR count). The predicted octanol–water partition coefficient (Wildman–Crippen LogP) is 1.27. The lowest BCUT2D eigenvalue weighted by atomic mass is 10.1. The number of benzene rings is 1. The molecule has 0 spiro atoms. The lowest BCUT2D eigenvalue weighted by Crippen LogP contribution is -2.06. The number of rotatable bonds is 7. The Kier molecular flexibility index (Phi) is 4.67. The molecule has 1 aromatic carbocycles. The molecule has 0 aliphatic heterocycles. The second kappa shape index (κ2) is 6.67. The van der Waals surface area contributed by atoms with Gasteiger partial charge in [-0.2, -0.15) is 0 Å². The summed E-state index contributed by atoms with van der Waals surface area (Å²) < 4.78 is 15.3. The molecule has 20 heavy (non-hydrogen) atoms. The number of aliphatic carboxylic acids is 1. The average Bonchev–Trinajstić information content (AvgIpc) is 2.87. The number of carboxylic acid groups (broad SMARTS) is 1. The maximum absolute atomic E-state index is 10.3. The Morgan fingerprint density at radius 3 is 2.60 bits per heavy atom. The molecular weight excluding hydrogens is 264 g/mol. The van der Waals surface area contributed by atoms with E-state index in [1.54, 1.807) is 7.11 Å². The summed E-state index contributed by atoms with van der Waals surface area (Å²) in [6.07, 6.45) is 0.496. The van der Waals surface area contributed by atoms with Gasteiger partial charge in [0.1, 0.15) is 19.0 Å². The summed E-state index contributed by atoms with van der Waals surface area (Å²) >= 11 is 0. The Labute approximate surface area is 115 Å². The van der Waals surface area contributed by atoms with E-state index in [0.29, 0.717) is 12.3 Å². The summed E-state index contributed by atoms with van der Waals surface area (Å²) in [5.74, 6) is 0.448. The number of carbonyl (C=O) groups is 1. The topological polar surface area (TPSA) is 94.7 Å². The highest BCUT2D eigenvalue weighted by molar-refractivity contribution is 5.67. The first kappa shape index (κ1) is 14.0. The second-order valence-electron chi connectivity index (χ2n) is 4.00. The minimum absolute atomic E-state index is 0.0120. The zero-order valence-electron chi connectivity index (χ0n) is 10.9. The van der Waals surface area contributed by atoms with Crippen molar-refractivity contribution in [3.05, 3.63) is 41.6 Å². The molecule has 7 heteroatoms. The van der Waals surface area contributed by atoms with E-state index in [1.807, 2.05) is 24.3 Å². The molecule has 1 N–H and O–H groups in total. The molecule has 0 fully saturated rings. The molecule has 0 amide bonds. The fraction of sp³-hybridized carbons (Fsp3) is 0.308. The van der Waals surface area contributed by atoms with Crippen molar-refractivity contribution < 1.29 is 23.8 Å². The Morgan fingerprint density at radius 1 is 1.25 bits per heavy atom. The van der Waals surface area contributed by atoms with Crippen molar-refractivity contribution in [3.63, 3.8) is 0 Å². The zero-order valence-corrected chi connectivity index (χ0v) is 10.9. The van der Waals surface area contributed by atoms with Crippen LogP contribution in [0.5, 0.6) is 5.75 Å². The number of hydrogen-bond acceptors (Lipinski definition) is 6. The molecule has 1 heterocycles. The minimum Gasteiger partial charge on any atom is -0.497 e. The third-order valence-electron chi connectivity index (χ3n) is 2.47. The van der Waals surface area contributed by atoms with Gasteiger partial charge in [-0.05, 0) is 17.7 Å². The molecule has 7 nitrogen and oxygen atoms in total. The van der Waals surface area contributed by atoms with E-state index in [0.717, 1.165) is 11.3 Å². The Hall–Kier alpha value is -2.41. The van der Waals surface area contributed by atoms with Gasteiger partial charge >= 0.3 is 5.97 Å². The molecule has 106 valence electrons. The number of nitrogens with zero attached hydrogens (tertiary/aromatic N) is 2. The van der Waals surface area contributed by atoms with E-state index in [4.69, 9.17) is 19.0 Å². The van der Waals surface area contributed by atoms with Gasteiger partial charge in [-0.15, -0.1) is 10.2 Å². The molecular formula is C13H14N2O5. The lowest BCUT2D eigenvalue weighted by Gasteiger charge is -2.00. The predicted molar refractivity (Wildman–Crippen MR) is 67.4 cm³/mol. The average molecular weight is 278 g/mol. The number of ether oxygens (including phenoxy) is 2. The summed E-state index contributed by atoms with van der Waals surface area (Å²) in [5.41, 5.74) is 1.01. The summed E-state index contributed by atoms with van der Waals surface area (Å²) in [6.45, 7) is -0.405. The highest BCUT2D eigenvalue weighted by Crippen LogP contribution is 2.14. The largest absolute Gasteiger partial charge is 0.497 e. The van der Waals surface area contributed by atoms with Gasteiger partial charge in [0.2, 0.25) is 11.8 Å². The molecule has 0 aliphatic rings. The molecule has 0 saturated carbocycles. The van der Waals surface area contributed by atoms with Crippen LogP contribution >= 0.6 is 0 Å². The summed E-state index contributed by atoms with van der Waals surface area (Å²) in [4.78, 5) is 10.3. The maximum Gasteiger partial charge on any atom is 0.329 e. The van der Waals surface area contributed by atoms with Crippen LogP contribution in [0.25, 0.3) is 0 Å². The molecule has 0 bridgehead atoms. The highest BCUT2D eigenvalue weighted by atomic mass is 16.5. The molecule has 0 atom stereocenters. The van der Waals surface area contributed by atoms with Crippen molar-refractivity contribution >= 4 is 5.97 Å². The van der Waals surface area contributed by atoms with Crippen LogP contribution in [-0.2, 0) is 22.6 Å². The number of hydrogen-bond donors (Lipinski definition) is 1. The van der Waals surface area contributed by atoms with Crippen molar-refractivity contribution in [2.24, 2.45) is 0 Å². The standard InChI is InChI=1S/C13H14N2O5/c1-18-10-4-2-9(3-5-10)6-11-14-15-12(20-11)7-19-8-13(16)17/h2-5H,6-8H2,1H3,(H,16,17). The monoisotopic (exact) mass is 278 g/mol. The smallest absolute Gasteiger partial charge is 0.329 e. The van der Waals surface area contributed by atoms with Crippen molar-refractivity contribution in [1.82, 2.24) is 10.2 Å². The van der Waals surface area contributed by atoms with E-state index in [-0.39, 0.29) is 12.5 Å². The SMILES string of the molecule is COc1ccc(Cc2nnc(COCC(=O)O)o2)cc1. The van der Waals surface area contributed by atoms with E-state index < -0.39 is 12.6 Å². The fourth-order valence-corrected chi connectivity index (χ4v) is 1.56. The first-order valence-corrected chi connectivity index (χ1v) is 5.91. The third-order valence-corrected chi connectivity index (χ3v) is 2.47. The summed E-state index contributed by atoms with van der Waals surface area (Å²) in [5, 5.41) is 16.1. The fourth-order valence-electron chi connectivity index (χ4n) is 1.56. The van der Waals surface area contributed by atoms with E-state index >= 15 is 0 Å². The molecule has 2 aromatic rings. The van der Waals surface area contributed by atoms with Gasteiger partial charge in [-0.3, -0.25) is 0 Å². The quantitative estimate of drug-likeness (QED) is 0.814. The van der Waals surface area contributed by atoms with Crippen LogP contribution in [-0.4, -0.2) is 35.0 Å². The van der Waals surface area contributed by atoms with Crippen LogP contribution in [0.3, 0.4) is 0 Å². The van der Waals surface area contributed by atoms with Crippen LogP contribution < -0.4 is 4.74 Å². The van der Waals surface area contributed by atoms with E-state index in [2.05, 4.69) is 10.2 Å². The van der Waals surface area contributed by atoms with Gasteiger partial charge in [-0.1, -0.05) is 12.1 Å². The molecule has 0 radical (unpaired) electrons. The van der Waals surface area contributed by atoms with Crippen LogP contribution in [0.1, 0.15) is 17.3 Å². The van der Waals surface area contributed by atoms with Crippen molar-refractivity contribution in [2.45, 2.75) is 13.0 Å². The second-order valence-corrected chi connectivity index (χ2v) is 4.00. The highest BCUT2D eigenvalue weighted by Gasteiger charge is 2.08. The first-order chi connectivity index (χ1) is 9.67. The Morgan fingerprint density at radius 2 is 1.95 bits per heavy atom. The molecule has 1 aromatic heterocycles. The van der Waals surface area contributed by atoms with Crippen LogP contribution in [0.15, 0.2) is 28.7 Å². The van der Waals surface area contributed by atoms with Crippen molar-refractivity contribution in [3.8, 4) is 5.75 Å². The number of carboxylic acids is 1. The Balaban J connectivity index is 1.89. The van der Waals surface area contributed by atoms with Gasteiger partial charge in [-0.25, -0.2) is 4.79 Å². The van der Waals surface area contributed by atoms with E-state index in [9.17, 15) is 4.79 Å². The maximum atomic E-state index is 10.3. The number of methoxy groups -OCH3 is 1. The molecule has 0 saturated heterocycles. The van der Waals surface area contributed by atoms with Gasteiger partial charge < -0.3 is 19.0 Å². The normalized spacial score (nSPS) is 10.4. The first-order valence-electron chi connectivity index (χ1n) is 5.91. The summed E-state index contributed by atoms with van der Waals surface area (Å²) in [6, 6.07) is 7.51. The molecule has 0 aliphatic carbocycles. The number of aromatic nitrogens is 2. The van der Waals surface area contributed by atoms with E-state index in [1.165, 1.54) is 0 Å². The zero-order chi connectivity index (χ0) is 14.4. The Bertz CT molecular complexity index is 564. The van der Waals surface area contributed by atoms with Crippen LogP contribution in [0.4, 0.5) is 0 Å². The molecule has 0 unspecified atom stereocenters.